The van der Waals surface area contributed by atoms with Gasteiger partial charge in [-0.05, 0) is 54.3 Å². The number of carbonyl (C=O) groups excluding carboxylic acids is 1. The summed E-state index contributed by atoms with van der Waals surface area (Å²) >= 11 is 0. The number of nitrogens with one attached hydrogen (secondary N) is 1. The number of carbonyl (C=O) groups is 1. The van der Waals surface area contributed by atoms with Crippen molar-refractivity contribution in [1.82, 2.24) is 5.32 Å². The van der Waals surface area contributed by atoms with Crippen LogP contribution in [-0.4, -0.2) is 19.0 Å². The van der Waals surface area contributed by atoms with Crippen LogP contribution in [0.4, 0.5) is 24.5 Å². The molecule has 1 heterocycles. The lowest BCUT2D eigenvalue weighted by Crippen LogP contribution is -2.39. The van der Waals surface area contributed by atoms with Gasteiger partial charge < -0.3 is 10.2 Å². The number of amides is 1. The molecule has 0 saturated heterocycles. The minimum absolute atomic E-state index is 0.0400. The van der Waals surface area contributed by atoms with E-state index in [1.54, 1.807) is 12.1 Å². The van der Waals surface area contributed by atoms with Crippen LogP contribution in [-0.2, 0) is 17.4 Å². The van der Waals surface area contributed by atoms with Gasteiger partial charge in [-0.25, -0.2) is 0 Å². The summed E-state index contributed by atoms with van der Waals surface area (Å²) in [6, 6.07) is 12.5. The number of hydrogen-bond donors (Lipinski definition) is 1. The lowest BCUT2D eigenvalue weighted by Gasteiger charge is -2.36. The largest absolute Gasteiger partial charge is 0.416 e. The van der Waals surface area contributed by atoms with Gasteiger partial charge in [0.15, 0.2) is 0 Å². The van der Waals surface area contributed by atoms with E-state index in [0.29, 0.717) is 30.8 Å². The van der Waals surface area contributed by atoms with E-state index in [2.05, 4.69) is 11.4 Å². The summed E-state index contributed by atoms with van der Waals surface area (Å²) in [7, 11) is 0. The predicted molar refractivity (Wildman–Crippen MR) is 95.5 cm³/mol. The molecule has 1 unspecified atom stereocenters. The first-order valence-corrected chi connectivity index (χ1v) is 8.51. The second-order valence-corrected chi connectivity index (χ2v) is 6.58. The Kier molecular flexibility index (Phi) is 5.08. The van der Waals surface area contributed by atoms with Crippen LogP contribution in [0.15, 0.2) is 42.5 Å². The second-order valence-electron chi connectivity index (χ2n) is 6.58. The van der Waals surface area contributed by atoms with E-state index < -0.39 is 11.7 Å². The maximum Gasteiger partial charge on any atom is 0.416 e. The molecule has 27 heavy (non-hydrogen) atoms. The van der Waals surface area contributed by atoms with E-state index in [1.807, 2.05) is 11.0 Å². The van der Waals surface area contributed by atoms with Crippen LogP contribution in [0, 0.1) is 17.2 Å². The summed E-state index contributed by atoms with van der Waals surface area (Å²) in [5.41, 5.74) is 2.11. The minimum atomic E-state index is -4.39. The van der Waals surface area contributed by atoms with Crippen molar-refractivity contribution in [2.24, 2.45) is 5.92 Å². The molecular weight excluding hydrogens is 355 g/mol. The quantitative estimate of drug-likeness (QED) is 0.884. The average molecular weight is 373 g/mol. The number of nitriles is 1. The van der Waals surface area contributed by atoms with Crippen LogP contribution in [0.1, 0.15) is 23.6 Å². The molecule has 140 valence electrons. The molecular formula is C20H18F3N3O. The molecule has 1 aliphatic heterocycles. The Bertz CT molecular complexity index is 885. The van der Waals surface area contributed by atoms with Gasteiger partial charge in [0, 0.05) is 31.4 Å². The van der Waals surface area contributed by atoms with E-state index in [-0.39, 0.29) is 11.8 Å². The molecule has 2 aromatic carbocycles. The smallest absolute Gasteiger partial charge is 0.356 e. The third-order valence-corrected chi connectivity index (χ3v) is 4.64. The molecule has 0 bridgehead atoms. The summed E-state index contributed by atoms with van der Waals surface area (Å²) in [6.45, 7) is 2.41. The average Bonchev–Trinajstić information content (AvgIpc) is 2.64. The van der Waals surface area contributed by atoms with E-state index >= 15 is 0 Å². The van der Waals surface area contributed by atoms with E-state index in [1.165, 1.54) is 19.1 Å². The monoisotopic (exact) mass is 373 g/mol. The topological polar surface area (TPSA) is 56.1 Å². The van der Waals surface area contributed by atoms with Gasteiger partial charge in [-0.2, -0.15) is 18.4 Å². The van der Waals surface area contributed by atoms with Gasteiger partial charge in [-0.1, -0.05) is 6.07 Å². The molecule has 3 rings (SSSR count). The van der Waals surface area contributed by atoms with Gasteiger partial charge in [0.2, 0.25) is 5.91 Å². The number of anilines is 2. The first-order chi connectivity index (χ1) is 12.8. The number of hydrogen-bond acceptors (Lipinski definition) is 3. The number of alkyl halides is 3. The van der Waals surface area contributed by atoms with Crippen molar-refractivity contribution >= 4 is 17.3 Å². The van der Waals surface area contributed by atoms with Gasteiger partial charge in [0.1, 0.15) is 0 Å². The first-order valence-electron chi connectivity index (χ1n) is 8.51. The number of rotatable bonds is 3. The van der Waals surface area contributed by atoms with Crippen molar-refractivity contribution in [3.05, 3.63) is 59.2 Å². The van der Waals surface area contributed by atoms with Gasteiger partial charge in [-0.15, -0.1) is 0 Å². The van der Waals surface area contributed by atoms with Crippen molar-refractivity contribution in [2.45, 2.75) is 19.5 Å². The molecule has 0 saturated carbocycles. The third-order valence-electron chi connectivity index (χ3n) is 4.64. The highest BCUT2D eigenvalue weighted by atomic mass is 19.4. The second kappa shape index (κ2) is 7.31. The SMILES string of the molecule is CC(=O)NCC1Cc2c(C#N)cccc2N(c2ccc(C(F)(F)F)cc2)C1. The Morgan fingerprint density at radius 2 is 1.96 bits per heavy atom. The molecule has 1 aliphatic rings. The van der Waals surface area contributed by atoms with Crippen LogP contribution in [0.25, 0.3) is 0 Å². The zero-order valence-corrected chi connectivity index (χ0v) is 14.7. The Morgan fingerprint density at radius 3 is 2.56 bits per heavy atom. The zero-order valence-electron chi connectivity index (χ0n) is 14.7. The van der Waals surface area contributed by atoms with E-state index in [4.69, 9.17) is 0 Å². The third kappa shape index (κ3) is 4.05. The van der Waals surface area contributed by atoms with Crippen molar-refractivity contribution in [3.8, 4) is 6.07 Å². The highest BCUT2D eigenvalue weighted by Crippen LogP contribution is 2.38. The fraction of sp³-hybridized carbons (Fsp3) is 0.300. The zero-order chi connectivity index (χ0) is 19.6. The molecule has 2 aromatic rings. The lowest BCUT2D eigenvalue weighted by molar-refractivity contribution is -0.137. The number of benzene rings is 2. The fourth-order valence-corrected chi connectivity index (χ4v) is 3.36. The van der Waals surface area contributed by atoms with Gasteiger partial charge >= 0.3 is 6.18 Å². The molecule has 0 aromatic heterocycles. The lowest BCUT2D eigenvalue weighted by atomic mass is 9.89. The van der Waals surface area contributed by atoms with Gasteiger partial charge in [0.05, 0.1) is 17.2 Å². The van der Waals surface area contributed by atoms with Crippen LogP contribution in [0.5, 0.6) is 0 Å². The Balaban J connectivity index is 1.98. The van der Waals surface area contributed by atoms with E-state index in [0.717, 1.165) is 23.4 Å². The van der Waals surface area contributed by atoms with Crippen LogP contribution in [0.3, 0.4) is 0 Å². The summed E-state index contributed by atoms with van der Waals surface area (Å²) in [6.07, 6.45) is -3.77. The Hall–Kier alpha value is -3.01. The Labute approximate surface area is 155 Å². The van der Waals surface area contributed by atoms with Crippen molar-refractivity contribution in [1.29, 1.82) is 5.26 Å². The molecule has 7 heteroatoms. The van der Waals surface area contributed by atoms with Gasteiger partial charge in [0.25, 0.3) is 0 Å². The molecule has 0 fully saturated rings. The maximum atomic E-state index is 12.8. The van der Waals surface area contributed by atoms with Crippen molar-refractivity contribution < 1.29 is 18.0 Å². The van der Waals surface area contributed by atoms with E-state index in [9.17, 15) is 23.2 Å². The molecule has 1 amide bonds. The number of halogens is 3. The molecule has 1 atom stereocenters. The molecule has 1 N–H and O–H groups in total. The number of fused-ring (bicyclic) bond motifs is 1. The summed E-state index contributed by atoms with van der Waals surface area (Å²) in [5, 5.41) is 12.2. The van der Waals surface area contributed by atoms with Crippen LogP contribution < -0.4 is 10.2 Å². The van der Waals surface area contributed by atoms with Crippen LogP contribution >= 0.6 is 0 Å². The Morgan fingerprint density at radius 1 is 1.26 bits per heavy atom. The van der Waals surface area contributed by atoms with Crippen molar-refractivity contribution in [2.75, 3.05) is 18.0 Å². The summed E-state index contributed by atoms with van der Waals surface area (Å²) < 4.78 is 38.5. The first kappa shape index (κ1) is 18.8. The molecule has 0 radical (unpaired) electrons. The highest BCUT2D eigenvalue weighted by Gasteiger charge is 2.31. The maximum absolute atomic E-state index is 12.8. The normalized spacial score (nSPS) is 16.4. The number of nitrogens with zero attached hydrogens (tertiary/aromatic N) is 2. The van der Waals surface area contributed by atoms with Gasteiger partial charge in [-0.3, -0.25) is 4.79 Å². The molecule has 4 nitrogen and oxygen atoms in total. The molecule has 0 spiro atoms. The predicted octanol–water partition coefficient (Wildman–Crippen LogP) is 4.02. The minimum Gasteiger partial charge on any atom is -0.356 e. The standard InChI is InChI=1S/C20H18F3N3O/c1-13(27)25-11-14-9-18-15(10-24)3-2-4-19(18)26(12-14)17-7-5-16(6-8-17)20(21,22)23/h2-8,14H,9,11-12H2,1H3,(H,25,27). The highest BCUT2D eigenvalue weighted by molar-refractivity contribution is 5.73. The molecule has 0 aliphatic carbocycles. The summed E-state index contributed by atoms with van der Waals surface area (Å²) in [5.74, 6) is -0.103. The van der Waals surface area contributed by atoms with Crippen molar-refractivity contribution in [3.63, 3.8) is 0 Å². The van der Waals surface area contributed by atoms with Crippen LogP contribution in [0.2, 0.25) is 0 Å². The fourth-order valence-electron chi connectivity index (χ4n) is 3.36. The summed E-state index contributed by atoms with van der Waals surface area (Å²) in [4.78, 5) is 13.2.